The fraction of sp³-hybridized carbons (Fsp3) is 0.154. The highest BCUT2D eigenvalue weighted by Gasteiger charge is 2.14. The fourth-order valence-corrected chi connectivity index (χ4v) is 2.42. The molecule has 8 nitrogen and oxygen atoms in total. The number of carbonyl (C=O) groups is 1. The van der Waals surface area contributed by atoms with E-state index in [-0.39, 0.29) is 11.4 Å². The lowest BCUT2D eigenvalue weighted by molar-refractivity contribution is -0.384. The van der Waals surface area contributed by atoms with E-state index in [9.17, 15) is 20.0 Å². The molecule has 0 atom stereocenters. The molecule has 1 aromatic carbocycles. The van der Waals surface area contributed by atoms with E-state index in [0.717, 1.165) is 11.8 Å². The minimum absolute atomic E-state index is 0.0231. The van der Waals surface area contributed by atoms with Crippen LogP contribution in [0.25, 0.3) is 11.4 Å². The minimum Gasteiger partial charge on any atom is -0.549 e. The molecule has 1 heterocycles. The number of aliphatic carboxylic acids is 1. The monoisotopic (exact) mass is 319 g/mol. The average Bonchev–Trinajstić information content (AvgIpc) is 2.88. The Hall–Kier alpha value is -2.68. The molecule has 9 heteroatoms. The number of nitrogens with zero attached hydrogens (tertiary/aromatic N) is 4. The quantitative estimate of drug-likeness (QED) is 0.322. The van der Waals surface area contributed by atoms with Gasteiger partial charge in [-0.2, -0.15) is 0 Å². The Balaban J connectivity index is 2.35. The molecule has 2 aromatic rings. The summed E-state index contributed by atoms with van der Waals surface area (Å²) in [6, 6.07) is 5.87. The molecule has 0 N–H and O–H groups in total. The van der Waals surface area contributed by atoms with Crippen LogP contribution in [0.2, 0.25) is 0 Å². The number of benzene rings is 1. The van der Waals surface area contributed by atoms with E-state index < -0.39 is 10.9 Å². The third-order valence-electron chi connectivity index (χ3n) is 2.68. The number of hydrogen-bond acceptors (Lipinski definition) is 7. The Labute approximate surface area is 129 Å². The fourth-order valence-electron chi connectivity index (χ4n) is 1.76. The molecule has 22 heavy (non-hydrogen) atoms. The number of carboxylic acids is 1. The summed E-state index contributed by atoms with van der Waals surface area (Å²) in [4.78, 5) is 20.7. The maximum atomic E-state index is 10.7. The van der Waals surface area contributed by atoms with Crippen molar-refractivity contribution in [2.24, 2.45) is 0 Å². The maximum absolute atomic E-state index is 10.7. The Bertz CT molecular complexity index is 711. The number of rotatable bonds is 7. The normalized spacial score (nSPS) is 10.4. The minimum atomic E-state index is -1.20. The summed E-state index contributed by atoms with van der Waals surface area (Å²) in [5.74, 6) is -0.957. The SMILES string of the molecule is C=CCn1c(SCC(=O)[O-])nnc1-c1ccc([N+](=O)[O-])cc1. The van der Waals surface area contributed by atoms with E-state index in [1.807, 2.05) is 0 Å². The van der Waals surface area contributed by atoms with E-state index in [0.29, 0.717) is 23.1 Å². The zero-order chi connectivity index (χ0) is 16.1. The van der Waals surface area contributed by atoms with Gasteiger partial charge in [0.25, 0.3) is 5.69 Å². The van der Waals surface area contributed by atoms with Crippen molar-refractivity contribution in [1.82, 2.24) is 14.8 Å². The summed E-state index contributed by atoms with van der Waals surface area (Å²) >= 11 is 0.990. The summed E-state index contributed by atoms with van der Waals surface area (Å²) in [6.07, 6.45) is 1.63. The summed E-state index contributed by atoms with van der Waals surface area (Å²) in [6.45, 7) is 4.02. The van der Waals surface area contributed by atoms with Crippen LogP contribution in [0.15, 0.2) is 42.1 Å². The van der Waals surface area contributed by atoms with Crippen molar-refractivity contribution in [2.75, 3.05) is 5.75 Å². The van der Waals surface area contributed by atoms with Gasteiger partial charge in [-0.15, -0.1) is 16.8 Å². The lowest BCUT2D eigenvalue weighted by atomic mass is 10.2. The van der Waals surface area contributed by atoms with Crippen LogP contribution >= 0.6 is 11.8 Å². The first kappa shape index (κ1) is 15.7. The van der Waals surface area contributed by atoms with E-state index in [2.05, 4.69) is 16.8 Å². The van der Waals surface area contributed by atoms with Gasteiger partial charge in [0.15, 0.2) is 11.0 Å². The number of nitro benzene ring substituents is 1. The zero-order valence-electron chi connectivity index (χ0n) is 11.3. The van der Waals surface area contributed by atoms with Gasteiger partial charge in [-0.05, 0) is 12.1 Å². The van der Waals surface area contributed by atoms with Gasteiger partial charge in [0, 0.05) is 30.0 Å². The molecule has 0 saturated heterocycles. The first-order valence-electron chi connectivity index (χ1n) is 6.14. The lowest BCUT2D eigenvalue weighted by Crippen LogP contribution is -2.24. The topological polar surface area (TPSA) is 114 Å². The highest BCUT2D eigenvalue weighted by Crippen LogP contribution is 2.25. The van der Waals surface area contributed by atoms with Crippen LogP contribution in [0.1, 0.15) is 0 Å². The van der Waals surface area contributed by atoms with Crippen LogP contribution in [0.4, 0.5) is 5.69 Å². The molecular weight excluding hydrogens is 308 g/mol. The Kier molecular flexibility index (Phi) is 4.89. The second kappa shape index (κ2) is 6.85. The van der Waals surface area contributed by atoms with Crippen molar-refractivity contribution in [1.29, 1.82) is 0 Å². The van der Waals surface area contributed by atoms with Crippen molar-refractivity contribution in [2.45, 2.75) is 11.7 Å². The van der Waals surface area contributed by atoms with Crippen LogP contribution in [0, 0.1) is 10.1 Å². The molecule has 0 aliphatic heterocycles. The lowest BCUT2D eigenvalue weighted by Gasteiger charge is -2.07. The molecule has 0 saturated carbocycles. The largest absolute Gasteiger partial charge is 0.549 e. The molecule has 0 spiro atoms. The zero-order valence-corrected chi connectivity index (χ0v) is 12.2. The van der Waals surface area contributed by atoms with Crippen LogP contribution in [-0.4, -0.2) is 31.4 Å². The first-order chi connectivity index (χ1) is 10.5. The molecule has 114 valence electrons. The van der Waals surface area contributed by atoms with E-state index in [4.69, 9.17) is 0 Å². The summed E-state index contributed by atoms with van der Waals surface area (Å²) in [5.41, 5.74) is 0.616. The highest BCUT2D eigenvalue weighted by molar-refractivity contribution is 7.99. The predicted molar refractivity (Wildman–Crippen MR) is 78.0 cm³/mol. The molecule has 2 rings (SSSR count). The van der Waals surface area contributed by atoms with E-state index in [1.54, 1.807) is 22.8 Å². The van der Waals surface area contributed by atoms with Crippen molar-refractivity contribution in [3.63, 3.8) is 0 Å². The smallest absolute Gasteiger partial charge is 0.269 e. The van der Waals surface area contributed by atoms with Crippen LogP contribution in [-0.2, 0) is 11.3 Å². The molecule has 0 unspecified atom stereocenters. The van der Waals surface area contributed by atoms with Gasteiger partial charge >= 0.3 is 0 Å². The van der Waals surface area contributed by atoms with Crippen LogP contribution in [0.3, 0.4) is 0 Å². The van der Waals surface area contributed by atoms with E-state index >= 15 is 0 Å². The number of aromatic nitrogens is 3. The van der Waals surface area contributed by atoms with Gasteiger partial charge in [0.2, 0.25) is 0 Å². The van der Waals surface area contributed by atoms with Crippen molar-refractivity contribution >= 4 is 23.4 Å². The summed E-state index contributed by atoms with van der Waals surface area (Å²) < 4.78 is 1.68. The first-order valence-corrected chi connectivity index (χ1v) is 7.13. The summed E-state index contributed by atoms with van der Waals surface area (Å²) in [5, 5.41) is 29.6. The second-order valence-corrected chi connectivity index (χ2v) is 5.11. The van der Waals surface area contributed by atoms with Gasteiger partial charge in [-0.3, -0.25) is 14.7 Å². The van der Waals surface area contributed by atoms with Crippen molar-refractivity contribution < 1.29 is 14.8 Å². The molecule has 0 aliphatic carbocycles. The Morgan fingerprint density at radius 3 is 2.59 bits per heavy atom. The standard InChI is InChI=1S/C13H12N4O4S/c1-2-7-16-12(14-15-13(16)22-8-11(18)19)9-3-5-10(6-4-9)17(20)21/h2-6H,1,7-8H2,(H,18,19)/p-1. The number of carbonyl (C=O) groups excluding carboxylic acids is 1. The molecular formula is C13H11N4O4S-. The molecule has 0 bridgehead atoms. The molecule has 0 fully saturated rings. The van der Waals surface area contributed by atoms with Gasteiger partial charge < -0.3 is 9.90 Å². The third-order valence-corrected chi connectivity index (χ3v) is 3.62. The number of nitro groups is 1. The predicted octanol–water partition coefficient (Wildman–Crippen LogP) is 0.881. The third kappa shape index (κ3) is 3.50. The number of allylic oxidation sites excluding steroid dienone is 1. The van der Waals surface area contributed by atoms with Crippen LogP contribution in [0.5, 0.6) is 0 Å². The van der Waals surface area contributed by atoms with Gasteiger partial charge in [-0.1, -0.05) is 17.8 Å². The number of hydrogen-bond donors (Lipinski definition) is 0. The van der Waals surface area contributed by atoms with E-state index in [1.165, 1.54) is 12.1 Å². The molecule has 0 radical (unpaired) electrons. The Morgan fingerprint density at radius 1 is 1.36 bits per heavy atom. The van der Waals surface area contributed by atoms with Crippen LogP contribution < -0.4 is 5.11 Å². The van der Waals surface area contributed by atoms with Crippen molar-refractivity contribution in [3.8, 4) is 11.4 Å². The maximum Gasteiger partial charge on any atom is 0.269 e. The van der Waals surface area contributed by atoms with Crippen molar-refractivity contribution in [3.05, 3.63) is 47.0 Å². The average molecular weight is 319 g/mol. The Morgan fingerprint density at radius 2 is 2.05 bits per heavy atom. The molecule has 0 amide bonds. The second-order valence-electron chi connectivity index (χ2n) is 4.17. The van der Waals surface area contributed by atoms with Gasteiger partial charge in [-0.25, -0.2) is 0 Å². The number of non-ortho nitro benzene ring substituents is 1. The molecule has 0 aliphatic rings. The highest BCUT2D eigenvalue weighted by atomic mass is 32.2. The van der Waals surface area contributed by atoms with Gasteiger partial charge in [0.1, 0.15) is 0 Å². The number of carboxylic acid groups (broad SMARTS) is 1. The number of thioether (sulfide) groups is 1. The van der Waals surface area contributed by atoms with Gasteiger partial charge in [0.05, 0.1) is 10.9 Å². The molecule has 1 aromatic heterocycles. The summed E-state index contributed by atoms with van der Waals surface area (Å²) in [7, 11) is 0.